The largest absolute Gasteiger partial charge is 0.309 e. The molecule has 0 spiro atoms. The number of fused-ring (bicyclic) bond motifs is 11. The van der Waals surface area contributed by atoms with Gasteiger partial charge in [-0.3, -0.25) is 0 Å². The van der Waals surface area contributed by atoms with E-state index in [4.69, 9.17) is 0 Å². The van der Waals surface area contributed by atoms with Crippen molar-refractivity contribution in [2.24, 2.45) is 11.8 Å². The topological polar surface area (TPSA) is 6.48 Å². The second-order valence-electron chi connectivity index (χ2n) is 28.7. The number of allylic oxidation sites excluding steroid dienone is 7. The molecule has 4 atom stereocenters. The molecule has 5 aliphatic carbocycles. The van der Waals surface area contributed by atoms with Crippen molar-refractivity contribution in [3.63, 3.8) is 0 Å². The molecule has 0 radical (unpaired) electrons. The lowest BCUT2D eigenvalue weighted by atomic mass is 9.61. The highest BCUT2D eigenvalue weighted by atomic mass is 15.2. The number of anilines is 6. The van der Waals surface area contributed by atoms with Gasteiger partial charge in [0.1, 0.15) is 0 Å². The highest BCUT2D eigenvalue weighted by Gasteiger charge is 2.51. The normalized spacial score (nSPS) is 18.6. The lowest BCUT2D eigenvalue weighted by Gasteiger charge is -2.42. The molecule has 0 N–H and O–H groups in total. The first kappa shape index (κ1) is 59.7. The van der Waals surface area contributed by atoms with Crippen molar-refractivity contribution in [3.8, 4) is 22.3 Å². The van der Waals surface area contributed by atoms with Crippen LogP contribution >= 0.6 is 0 Å². The van der Waals surface area contributed by atoms with Gasteiger partial charge in [0.05, 0.1) is 28.2 Å². The highest BCUT2D eigenvalue weighted by Crippen LogP contribution is 2.64. The SMILES string of the molecule is C=Cc1ccc(CC2(c3cccc(C)c3)c3ccccc3-c3ccc(N(c4cccc5ccccc45)c4ccc(-c5ccc(N(c6ccc7c(c6)C6(c8cccc(C)c8)CC8=C[C@@H](C9=CCCC6=C97)C(C=C)CC8)c6cccc7ccccc67)c6ccccc56)c5ccccc45)cc32)cc1. The van der Waals surface area contributed by atoms with E-state index in [9.17, 15) is 0 Å². The van der Waals surface area contributed by atoms with Gasteiger partial charge in [0, 0.05) is 44.3 Å². The molecule has 2 nitrogen and oxygen atoms in total. The molecule has 0 fully saturated rings. The quantitative estimate of drug-likeness (QED) is 0.106. The van der Waals surface area contributed by atoms with Gasteiger partial charge in [-0.05, 0) is 212 Å². The van der Waals surface area contributed by atoms with Crippen molar-refractivity contribution in [2.45, 2.75) is 63.2 Å². The Balaban J connectivity index is 0.800. The van der Waals surface area contributed by atoms with Gasteiger partial charge in [0.25, 0.3) is 0 Å². The Labute approximate surface area is 587 Å². The average molecular weight is 1280 g/mol. The molecule has 0 saturated carbocycles. The van der Waals surface area contributed by atoms with Crippen LogP contribution in [-0.4, -0.2) is 0 Å². The number of aryl methyl sites for hydroxylation is 2. The molecular formula is C98H76N2. The molecular weight excluding hydrogens is 1210 g/mol. The maximum atomic E-state index is 4.43. The van der Waals surface area contributed by atoms with Crippen LogP contribution in [-0.2, 0) is 17.3 Å². The predicted molar refractivity (Wildman–Crippen MR) is 423 cm³/mol. The predicted octanol–water partition coefficient (Wildman–Crippen LogP) is 26.0. The molecule has 5 aliphatic rings. The van der Waals surface area contributed by atoms with Gasteiger partial charge in [0.15, 0.2) is 0 Å². The third-order valence-corrected chi connectivity index (χ3v) is 23.4. The lowest BCUT2D eigenvalue weighted by molar-refractivity contribution is 0.442. The Morgan fingerprint density at radius 1 is 0.430 bits per heavy atom. The molecule has 100 heavy (non-hydrogen) atoms. The average Bonchev–Trinajstić information content (AvgIpc) is 1.54. The van der Waals surface area contributed by atoms with Crippen molar-refractivity contribution in [1.29, 1.82) is 0 Å². The van der Waals surface area contributed by atoms with E-state index in [0.717, 1.165) is 78.2 Å². The second kappa shape index (κ2) is 23.6. The lowest BCUT2D eigenvalue weighted by Crippen LogP contribution is -2.33. The molecule has 0 aliphatic heterocycles. The zero-order valence-corrected chi connectivity index (χ0v) is 56.7. The zero-order valence-electron chi connectivity index (χ0n) is 56.7. The van der Waals surface area contributed by atoms with Crippen LogP contribution in [0.3, 0.4) is 0 Å². The van der Waals surface area contributed by atoms with Crippen LogP contribution in [0.4, 0.5) is 34.1 Å². The maximum absolute atomic E-state index is 4.43. The zero-order chi connectivity index (χ0) is 66.8. The van der Waals surface area contributed by atoms with E-state index < -0.39 is 5.41 Å². The van der Waals surface area contributed by atoms with Gasteiger partial charge in [-0.25, -0.2) is 0 Å². The fraction of sp³-hybridized carbons (Fsp3) is 0.122. The molecule has 14 aromatic rings. The summed E-state index contributed by atoms with van der Waals surface area (Å²) in [6, 6.07) is 111. The van der Waals surface area contributed by atoms with Crippen LogP contribution in [0, 0.1) is 25.7 Å². The molecule has 2 heteroatoms. The van der Waals surface area contributed by atoms with E-state index in [-0.39, 0.29) is 5.41 Å². The first-order valence-corrected chi connectivity index (χ1v) is 35.9. The summed E-state index contributed by atoms with van der Waals surface area (Å²) in [6.07, 6.45) is 15.6. The Morgan fingerprint density at radius 3 is 1.58 bits per heavy atom. The standard InChI is InChI=1S/C98H76N2/c1-5-65-42-44-66(45-43-65)61-97(71-28-17-22-63(3)56-71)88-38-16-15-34-81(88)82-50-48-73(59-90(82)97)99(92-40-19-26-69-24-7-9-30-75(69)92)94-54-52-79(77-32-11-13-35-83(77)94)80-53-55-95(84-36-14-12-33-78(80)84)100(93-41-20-27-70-25-8-10-31-76(70)93)74-49-51-86-91(60-74)98(72-29-18-23-64(4)57-72)62-67-46-47-68(6-2)87(58-67)85-37-21-39-89(98)96(85)86/h5-20,22-38,40-45,48-60,68,87H,1-2,21,39,46-47,61-62H2,3-4H3/t68?,87-,97?,98?/m1/s1. The number of hydrogen-bond acceptors (Lipinski definition) is 2. The van der Waals surface area contributed by atoms with Gasteiger partial charge >= 0.3 is 0 Å². The van der Waals surface area contributed by atoms with Crippen LogP contribution in [0.5, 0.6) is 0 Å². The molecule has 478 valence electrons. The number of nitrogens with zero attached hydrogens (tertiary/aromatic N) is 2. The molecule has 6 bridgehead atoms. The molecule has 0 aromatic heterocycles. The number of rotatable bonds is 13. The molecule has 19 rings (SSSR count). The Bertz CT molecular complexity index is 5840. The van der Waals surface area contributed by atoms with Crippen molar-refractivity contribution < 1.29 is 0 Å². The van der Waals surface area contributed by atoms with E-state index in [1.54, 1.807) is 11.1 Å². The minimum atomic E-state index is -0.499. The number of hydrogen-bond donors (Lipinski definition) is 0. The smallest absolute Gasteiger partial charge is 0.0540 e. The Hall–Kier alpha value is -11.6. The fourth-order valence-corrected chi connectivity index (χ4v) is 19.0. The summed E-state index contributed by atoms with van der Waals surface area (Å²) in [5.41, 5.74) is 30.2. The highest BCUT2D eigenvalue weighted by molar-refractivity contribution is 6.15. The molecule has 3 unspecified atom stereocenters. The fourth-order valence-electron chi connectivity index (χ4n) is 19.0. The van der Waals surface area contributed by atoms with Gasteiger partial charge in [-0.2, -0.15) is 0 Å². The summed E-state index contributed by atoms with van der Waals surface area (Å²) >= 11 is 0. The molecule has 0 heterocycles. The summed E-state index contributed by atoms with van der Waals surface area (Å²) in [7, 11) is 0. The molecule has 14 aromatic carbocycles. The van der Waals surface area contributed by atoms with Crippen LogP contribution in [0.25, 0.3) is 77.0 Å². The first-order chi connectivity index (χ1) is 49.3. The molecule has 0 amide bonds. The first-order valence-electron chi connectivity index (χ1n) is 35.9. The van der Waals surface area contributed by atoms with Gasteiger partial charge in [-0.15, -0.1) is 6.58 Å². The summed E-state index contributed by atoms with van der Waals surface area (Å²) in [5.74, 6) is 0.766. The van der Waals surface area contributed by atoms with Crippen molar-refractivity contribution in [2.75, 3.05) is 9.80 Å². The van der Waals surface area contributed by atoms with Crippen molar-refractivity contribution in [1.82, 2.24) is 0 Å². The monoisotopic (exact) mass is 1280 g/mol. The third-order valence-electron chi connectivity index (χ3n) is 23.4. The van der Waals surface area contributed by atoms with E-state index in [0.29, 0.717) is 11.8 Å². The van der Waals surface area contributed by atoms with Gasteiger partial charge in [0.2, 0.25) is 0 Å². The van der Waals surface area contributed by atoms with Gasteiger partial charge in [-0.1, -0.05) is 290 Å². The minimum Gasteiger partial charge on any atom is -0.309 e. The minimum absolute atomic E-state index is 0.312. The van der Waals surface area contributed by atoms with E-state index >= 15 is 0 Å². The summed E-state index contributed by atoms with van der Waals surface area (Å²) in [4.78, 5) is 5.15. The third kappa shape index (κ3) is 9.16. The summed E-state index contributed by atoms with van der Waals surface area (Å²) in [5, 5.41) is 9.55. The summed E-state index contributed by atoms with van der Waals surface area (Å²) in [6.45, 7) is 13.0. The van der Waals surface area contributed by atoms with E-state index in [1.165, 1.54) is 127 Å². The summed E-state index contributed by atoms with van der Waals surface area (Å²) < 4.78 is 0. The number of benzene rings is 14. The second-order valence-corrected chi connectivity index (χ2v) is 28.7. The van der Waals surface area contributed by atoms with Crippen LogP contribution < -0.4 is 9.80 Å². The Kier molecular flexibility index (Phi) is 14.1. The maximum Gasteiger partial charge on any atom is 0.0540 e. The van der Waals surface area contributed by atoms with Crippen LogP contribution in [0.1, 0.15) is 87.7 Å². The molecule has 0 saturated heterocycles. The van der Waals surface area contributed by atoms with E-state index in [1.807, 2.05) is 6.08 Å². The van der Waals surface area contributed by atoms with Crippen LogP contribution in [0.2, 0.25) is 0 Å². The van der Waals surface area contributed by atoms with Crippen molar-refractivity contribution in [3.05, 3.63) is 395 Å². The van der Waals surface area contributed by atoms with Crippen LogP contribution in [0.15, 0.2) is 339 Å². The van der Waals surface area contributed by atoms with Crippen molar-refractivity contribution >= 4 is 88.9 Å². The van der Waals surface area contributed by atoms with Gasteiger partial charge < -0.3 is 9.80 Å². The Morgan fingerprint density at radius 2 is 0.950 bits per heavy atom. The van der Waals surface area contributed by atoms with E-state index in [2.05, 4.69) is 346 Å².